The average molecular weight is 448 g/mol. The molecule has 1 fully saturated rings. The SMILES string of the molecule is CCOC(=O)Cc1c(C)nc2ncnn2c1N1CCN(C(=O)Nc2ccc(C#N)cc2)CC1. The van der Waals surface area contributed by atoms with E-state index in [0.29, 0.717) is 55.5 Å². The Kier molecular flexibility index (Phi) is 6.35. The van der Waals surface area contributed by atoms with Crippen LogP contribution in [0.1, 0.15) is 23.7 Å². The fraction of sp³-hybridized carbons (Fsp3) is 0.364. The number of carbonyl (C=O) groups excluding carboxylic acids is 2. The lowest BCUT2D eigenvalue weighted by Crippen LogP contribution is -2.51. The molecule has 0 bridgehead atoms. The molecule has 0 spiro atoms. The Morgan fingerprint density at radius 1 is 1.18 bits per heavy atom. The van der Waals surface area contributed by atoms with Gasteiger partial charge >= 0.3 is 12.0 Å². The molecule has 1 aliphatic heterocycles. The van der Waals surface area contributed by atoms with Crippen molar-refractivity contribution in [3.63, 3.8) is 0 Å². The van der Waals surface area contributed by atoms with Crippen LogP contribution in [0.3, 0.4) is 0 Å². The molecule has 3 aromatic rings. The molecule has 2 aromatic heterocycles. The molecular formula is C22H24N8O3. The molecule has 0 unspecified atom stereocenters. The summed E-state index contributed by atoms with van der Waals surface area (Å²) in [7, 11) is 0. The van der Waals surface area contributed by atoms with Crippen molar-refractivity contribution < 1.29 is 14.3 Å². The molecular weight excluding hydrogens is 424 g/mol. The molecule has 4 rings (SSSR count). The molecule has 11 nitrogen and oxygen atoms in total. The van der Waals surface area contributed by atoms with Crippen LogP contribution < -0.4 is 10.2 Å². The Bertz CT molecular complexity index is 1210. The van der Waals surface area contributed by atoms with E-state index in [1.807, 2.05) is 6.92 Å². The second-order valence-corrected chi connectivity index (χ2v) is 7.55. The quantitative estimate of drug-likeness (QED) is 0.585. The molecule has 11 heteroatoms. The summed E-state index contributed by atoms with van der Waals surface area (Å²) in [4.78, 5) is 37.4. The fourth-order valence-electron chi connectivity index (χ4n) is 3.81. The molecule has 170 valence electrons. The van der Waals surface area contributed by atoms with Gasteiger partial charge in [-0.3, -0.25) is 4.79 Å². The zero-order valence-electron chi connectivity index (χ0n) is 18.5. The summed E-state index contributed by atoms with van der Waals surface area (Å²) in [5.74, 6) is 0.870. The second kappa shape index (κ2) is 9.52. The summed E-state index contributed by atoms with van der Waals surface area (Å²) in [6.07, 6.45) is 1.51. The first kappa shape index (κ1) is 22.0. The van der Waals surface area contributed by atoms with Gasteiger partial charge in [-0.1, -0.05) is 0 Å². The topological polar surface area (TPSA) is 129 Å². The minimum Gasteiger partial charge on any atom is -0.466 e. The third-order valence-electron chi connectivity index (χ3n) is 5.46. The number of anilines is 2. The van der Waals surface area contributed by atoms with Gasteiger partial charge < -0.3 is 19.9 Å². The Balaban J connectivity index is 1.50. The second-order valence-electron chi connectivity index (χ2n) is 7.55. The summed E-state index contributed by atoms with van der Waals surface area (Å²) < 4.78 is 6.78. The Hall–Kier alpha value is -4.20. The van der Waals surface area contributed by atoms with Crippen molar-refractivity contribution in [2.45, 2.75) is 20.3 Å². The summed E-state index contributed by atoms with van der Waals surface area (Å²) in [5.41, 5.74) is 2.60. The number of nitriles is 1. The van der Waals surface area contributed by atoms with Gasteiger partial charge in [0.1, 0.15) is 12.1 Å². The Labute approximate surface area is 190 Å². The zero-order chi connectivity index (χ0) is 23.4. The van der Waals surface area contributed by atoms with E-state index in [-0.39, 0.29) is 18.4 Å². The molecule has 1 aliphatic rings. The van der Waals surface area contributed by atoms with Gasteiger partial charge in [0, 0.05) is 43.1 Å². The van der Waals surface area contributed by atoms with E-state index in [2.05, 4.69) is 31.4 Å². The molecule has 3 heterocycles. The smallest absolute Gasteiger partial charge is 0.321 e. The van der Waals surface area contributed by atoms with E-state index in [1.54, 1.807) is 40.6 Å². The van der Waals surface area contributed by atoms with Crippen LogP contribution in [-0.4, -0.2) is 69.3 Å². The summed E-state index contributed by atoms with van der Waals surface area (Å²) >= 11 is 0. The molecule has 2 amide bonds. The maximum Gasteiger partial charge on any atom is 0.321 e. The number of aryl methyl sites for hydroxylation is 1. The number of nitrogens with one attached hydrogen (secondary N) is 1. The molecule has 1 aromatic carbocycles. The minimum absolute atomic E-state index is 0.0806. The molecule has 33 heavy (non-hydrogen) atoms. The third kappa shape index (κ3) is 4.69. The number of esters is 1. The Morgan fingerprint density at radius 2 is 1.91 bits per heavy atom. The number of aromatic nitrogens is 4. The average Bonchev–Trinajstić information content (AvgIpc) is 3.28. The van der Waals surface area contributed by atoms with Crippen molar-refractivity contribution in [2.75, 3.05) is 43.0 Å². The maximum absolute atomic E-state index is 12.7. The van der Waals surface area contributed by atoms with Gasteiger partial charge in [-0.05, 0) is 38.1 Å². The minimum atomic E-state index is -0.330. The van der Waals surface area contributed by atoms with E-state index in [4.69, 9.17) is 10.00 Å². The zero-order valence-corrected chi connectivity index (χ0v) is 18.5. The van der Waals surface area contributed by atoms with Crippen molar-refractivity contribution in [1.82, 2.24) is 24.5 Å². The predicted octanol–water partition coefficient (Wildman–Crippen LogP) is 1.76. The fourth-order valence-corrected chi connectivity index (χ4v) is 3.81. The largest absolute Gasteiger partial charge is 0.466 e. The lowest BCUT2D eigenvalue weighted by atomic mass is 10.1. The predicted molar refractivity (Wildman–Crippen MR) is 120 cm³/mol. The highest BCUT2D eigenvalue weighted by molar-refractivity contribution is 5.89. The number of nitrogens with zero attached hydrogens (tertiary/aromatic N) is 7. The molecule has 0 aliphatic carbocycles. The number of carbonyl (C=O) groups is 2. The van der Waals surface area contributed by atoms with Gasteiger partial charge in [-0.2, -0.15) is 19.9 Å². The molecule has 0 atom stereocenters. The molecule has 1 N–H and O–H groups in total. The van der Waals surface area contributed by atoms with Crippen LogP contribution in [0.5, 0.6) is 0 Å². The number of hydrogen-bond acceptors (Lipinski definition) is 8. The van der Waals surface area contributed by atoms with Crippen LogP contribution in [0.2, 0.25) is 0 Å². The monoisotopic (exact) mass is 448 g/mol. The molecule has 1 saturated heterocycles. The van der Waals surface area contributed by atoms with Crippen LogP contribution in [0.25, 0.3) is 5.78 Å². The molecule has 0 saturated carbocycles. The highest BCUT2D eigenvalue weighted by Crippen LogP contribution is 2.25. The molecule has 0 radical (unpaired) electrons. The first-order chi connectivity index (χ1) is 16.0. The van der Waals surface area contributed by atoms with Crippen LogP contribution >= 0.6 is 0 Å². The summed E-state index contributed by atoms with van der Waals surface area (Å²) in [6, 6.07) is 8.58. The van der Waals surface area contributed by atoms with Crippen molar-refractivity contribution in [3.8, 4) is 6.07 Å². The van der Waals surface area contributed by atoms with E-state index in [0.717, 1.165) is 11.4 Å². The van der Waals surface area contributed by atoms with Gasteiger partial charge in [0.05, 0.1) is 24.7 Å². The van der Waals surface area contributed by atoms with Gasteiger partial charge in [0.15, 0.2) is 0 Å². The van der Waals surface area contributed by atoms with Crippen LogP contribution in [0.15, 0.2) is 30.6 Å². The first-order valence-corrected chi connectivity index (χ1v) is 10.7. The normalized spacial score (nSPS) is 13.6. The standard InChI is InChI=1S/C22H24N8O3/c1-3-33-19(31)12-18-15(2)26-21-24-14-25-30(21)20(18)28-8-10-29(11-9-28)22(32)27-17-6-4-16(13-23)5-7-17/h4-7,14H,3,8-12H2,1-2H3,(H,27,32). The summed E-state index contributed by atoms with van der Waals surface area (Å²) in [5, 5.41) is 16.1. The summed E-state index contributed by atoms with van der Waals surface area (Å²) in [6.45, 7) is 5.99. The van der Waals surface area contributed by atoms with Crippen molar-refractivity contribution >= 4 is 29.3 Å². The Morgan fingerprint density at radius 3 is 2.58 bits per heavy atom. The lowest BCUT2D eigenvalue weighted by molar-refractivity contribution is -0.142. The van der Waals surface area contributed by atoms with Gasteiger partial charge in [-0.15, -0.1) is 0 Å². The highest BCUT2D eigenvalue weighted by atomic mass is 16.5. The van der Waals surface area contributed by atoms with Crippen molar-refractivity contribution in [2.24, 2.45) is 0 Å². The van der Waals surface area contributed by atoms with E-state index in [9.17, 15) is 9.59 Å². The maximum atomic E-state index is 12.7. The highest BCUT2D eigenvalue weighted by Gasteiger charge is 2.27. The van der Waals surface area contributed by atoms with E-state index < -0.39 is 0 Å². The van der Waals surface area contributed by atoms with Gasteiger partial charge in [-0.25, -0.2) is 9.78 Å². The van der Waals surface area contributed by atoms with Crippen molar-refractivity contribution in [3.05, 3.63) is 47.4 Å². The lowest BCUT2D eigenvalue weighted by Gasteiger charge is -2.36. The van der Waals surface area contributed by atoms with Crippen molar-refractivity contribution in [1.29, 1.82) is 5.26 Å². The van der Waals surface area contributed by atoms with Crippen LogP contribution in [0, 0.1) is 18.3 Å². The number of benzene rings is 1. The number of hydrogen-bond donors (Lipinski definition) is 1. The number of piperazine rings is 1. The number of amides is 2. The number of rotatable bonds is 5. The first-order valence-electron chi connectivity index (χ1n) is 10.7. The third-order valence-corrected chi connectivity index (χ3v) is 5.46. The number of fused-ring (bicyclic) bond motifs is 1. The van der Waals surface area contributed by atoms with E-state index in [1.165, 1.54) is 6.33 Å². The van der Waals surface area contributed by atoms with Gasteiger partial charge in [0.25, 0.3) is 5.78 Å². The number of urea groups is 1. The van der Waals surface area contributed by atoms with Gasteiger partial charge in [0.2, 0.25) is 0 Å². The van der Waals surface area contributed by atoms with E-state index >= 15 is 0 Å². The van der Waals surface area contributed by atoms with Crippen LogP contribution in [0.4, 0.5) is 16.3 Å². The van der Waals surface area contributed by atoms with Crippen LogP contribution in [-0.2, 0) is 16.0 Å². The number of ether oxygens (including phenoxy) is 1.